The van der Waals surface area contributed by atoms with E-state index in [-0.39, 0.29) is 24.0 Å². The Balaban J connectivity index is 0.00000289. The Labute approximate surface area is 130 Å². The van der Waals surface area contributed by atoms with Gasteiger partial charge in [0.05, 0.1) is 0 Å². The van der Waals surface area contributed by atoms with E-state index in [4.69, 9.17) is 0 Å². The van der Waals surface area contributed by atoms with Gasteiger partial charge in [0.2, 0.25) is 0 Å². The van der Waals surface area contributed by atoms with E-state index in [1.807, 2.05) is 7.05 Å². The third-order valence-corrected chi connectivity index (χ3v) is 3.33. The molecule has 1 saturated heterocycles. The predicted molar refractivity (Wildman–Crippen MR) is 90.8 cm³/mol. The number of hydrogen-bond acceptors (Lipinski definition) is 1. The molecule has 1 aliphatic rings. The standard InChI is InChI=1S/C14H29N3.HI/c1-12-7-6-10-17(11-12)13(15-5)16-9-8-14(2,3)4;/h12H,6-11H2,1-5H3,(H,15,16);1H. The highest BCUT2D eigenvalue weighted by molar-refractivity contribution is 14.0. The largest absolute Gasteiger partial charge is 0.356 e. The third kappa shape index (κ3) is 6.81. The fourth-order valence-electron chi connectivity index (χ4n) is 2.26. The molecule has 18 heavy (non-hydrogen) atoms. The van der Waals surface area contributed by atoms with Gasteiger partial charge >= 0.3 is 0 Å². The highest BCUT2D eigenvalue weighted by Crippen LogP contribution is 2.18. The molecule has 0 saturated carbocycles. The lowest BCUT2D eigenvalue weighted by Crippen LogP contribution is -2.46. The van der Waals surface area contributed by atoms with Crippen LogP contribution in [0.1, 0.15) is 47.0 Å². The maximum absolute atomic E-state index is 4.40. The minimum absolute atomic E-state index is 0. The number of guanidine groups is 1. The molecule has 0 aliphatic carbocycles. The zero-order chi connectivity index (χ0) is 12.9. The van der Waals surface area contributed by atoms with Crippen LogP contribution in [0.25, 0.3) is 0 Å². The molecule has 1 fully saturated rings. The van der Waals surface area contributed by atoms with Crippen LogP contribution in [0.4, 0.5) is 0 Å². The van der Waals surface area contributed by atoms with Crippen LogP contribution in [0.2, 0.25) is 0 Å². The summed E-state index contributed by atoms with van der Waals surface area (Å²) < 4.78 is 0. The Bertz CT molecular complexity index is 258. The Hall–Kier alpha value is 0. The molecule has 1 atom stereocenters. The number of nitrogens with zero attached hydrogens (tertiary/aromatic N) is 2. The van der Waals surface area contributed by atoms with E-state index in [1.54, 1.807) is 0 Å². The Kier molecular flexibility index (Phi) is 8.23. The van der Waals surface area contributed by atoms with E-state index in [9.17, 15) is 0 Å². The maximum Gasteiger partial charge on any atom is 0.193 e. The summed E-state index contributed by atoms with van der Waals surface area (Å²) in [5, 5.41) is 3.49. The number of likely N-dealkylation sites (tertiary alicyclic amines) is 1. The minimum Gasteiger partial charge on any atom is -0.356 e. The van der Waals surface area contributed by atoms with Crippen LogP contribution in [0, 0.1) is 11.3 Å². The third-order valence-electron chi connectivity index (χ3n) is 3.33. The predicted octanol–water partition coefficient (Wildman–Crippen LogP) is 3.35. The first-order valence-corrected chi connectivity index (χ1v) is 6.88. The molecule has 108 valence electrons. The van der Waals surface area contributed by atoms with Gasteiger partial charge in [0.15, 0.2) is 5.96 Å². The quantitative estimate of drug-likeness (QED) is 0.461. The molecule has 1 N–H and O–H groups in total. The van der Waals surface area contributed by atoms with Crippen molar-refractivity contribution in [2.24, 2.45) is 16.3 Å². The lowest BCUT2D eigenvalue weighted by molar-refractivity contribution is 0.264. The molecular weight excluding hydrogens is 337 g/mol. The Morgan fingerprint density at radius 1 is 1.39 bits per heavy atom. The van der Waals surface area contributed by atoms with Crippen LogP contribution in [-0.2, 0) is 0 Å². The van der Waals surface area contributed by atoms with Crippen LogP contribution in [0.15, 0.2) is 4.99 Å². The van der Waals surface area contributed by atoms with Gasteiger partial charge in [0, 0.05) is 26.7 Å². The van der Waals surface area contributed by atoms with Gasteiger partial charge in [0.25, 0.3) is 0 Å². The molecule has 0 aromatic carbocycles. The summed E-state index contributed by atoms with van der Waals surface area (Å²) >= 11 is 0. The molecule has 1 heterocycles. The van der Waals surface area contributed by atoms with Gasteiger partial charge in [0.1, 0.15) is 0 Å². The molecule has 3 nitrogen and oxygen atoms in total. The molecule has 0 aromatic rings. The van der Waals surface area contributed by atoms with Crippen LogP contribution in [0.3, 0.4) is 0 Å². The molecule has 0 radical (unpaired) electrons. The van der Waals surface area contributed by atoms with Crippen molar-refractivity contribution in [2.45, 2.75) is 47.0 Å². The first-order chi connectivity index (χ1) is 7.92. The van der Waals surface area contributed by atoms with Crippen LogP contribution in [-0.4, -0.2) is 37.5 Å². The second-order valence-electron chi connectivity index (χ2n) is 6.48. The fourth-order valence-corrected chi connectivity index (χ4v) is 2.26. The molecule has 4 heteroatoms. The van der Waals surface area contributed by atoms with E-state index in [0.29, 0.717) is 5.41 Å². The van der Waals surface area contributed by atoms with Gasteiger partial charge in [-0.25, -0.2) is 0 Å². The SMILES string of the molecule is CN=C(NCCC(C)(C)C)N1CCCC(C)C1.I. The first kappa shape index (κ1) is 18.0. The van der Waals surface area contributed by atoms with Crippen LogP contribution >= 0.6 is 24.0 Å². The Morgan fingerprint density at radius 3 is 2.56 bits per heavy atom. The molecule has 1 unspecified atom stereocenters. The number of rotatable bonds is 2. The zero-order valence-corrected chi connectivity index (χ0v) is 15.0. The van der Waals surface area contributed by atoms with Crippen molar-refractivity contribution in [3.8, 4) is 0 Å². The topological polar surface area (TPSA) is 27.6 Å². The van der Waals surface area contributed by atoms with Crippen molar-refractivity contribution in [3.63, 3.8) is 0 Å². The summed E-state index contributed by atoms with van der Waals surface area (Å²) in [4.78, 5) is 6.80. The van der Waals surface area contributed by atoms with E-state index >= 15 is 0 Å². The summed E-state index contributed by atoms with van der Waals surface area (Å²) in [6, 6.07) is 0. The smallest absolute Gasteiger partial charge is 0.193 e. The van der Waals surface area contributed by atoms with Gasteiger partial charge in [-0.2, -0.15) is 0 Å². The summed E-state index contributed by atoms with van der Waals surface area (Å²) in [5.74, 6) is 1.88. The molecule has 0 spiro atoms. The average Bonchev–Trinajstić information content (AvgIpc) is 2.23. The molecule has 0 aromatic heterocycles. The fraction of sp³-hybridized carbons (Fsp3) is 0.929. The second kappa shape index (κ2) is 8.23. The molecule has 1 rings (SSSR count). The minimum atomic E-state index is 0. The number of piperidine rings is 1. The van der Waals surface area contributed by atoms with Crippen molar-refractivity contribution in [1.29, 1.82) is 0 Å². The Morgan fingerprint density at radius 2 is 2.06 bits per heavy atom. The normalized spacial score (nSPS) is 21.5. The van der Waals surface area contributed by atoms with Crippen LogP contribution in [0.5, 0.6) is 0 Å². The van der Waals surface area contributed by atoms with Crippen LogP contribution < -0.4 is 5.32 Å². The number of hydrogen-bond donors (Lipinski definition) is 1. The van der Waals surface area contributed by atoms with Crippen molar-refractivity contribution in [3.05, 3.63) is 0 Å². The molecule has 0 bridgehead atoms. The van der Waals surface area contributed by atoms with Gasteiger partial charge in [-0.05, 0) is 30.6 Å². The molecule has 1 aliphatic heterocycles. The highest BCUT2D eigenvalue weighted by Gasteiger charge is 2.19. The summed E-state index contributed by atoms with van der Waals surface area (Å²) in [5.41, 5.74) is 0.390. The van der Waals surface area contributed by atoms with Gasteiger partial charge < -0.3 is 10.2 Å². The maximum atomic E-state index is 4.40. The summed E-state index contributed by atoms with van der Waals surface area (Å²) in [7, 11) is 1.89. The number of aliphatic imine (C=N–C) groups is 1. The second-order valence-corrected chi connectivity index (χ2v) is 6.48. The number of nitrogens with one attached hydrogen (secondary N) is 1. The summed E-state index contributed by atoms with van der Waals surface area (Å²) in [6.45, 7) is 12.5. The van der Waals surface area contributed by atoms with E-state index < -0.39 is 0 Å². The monoisotopic (exact) mass is 367 g/mol. The summed E-state index contributed by atoms with van der Waals surface area (Å²) in [6.07, 6.45) is 3.83. The molecule has 0 amide bonds. The number of halogens is 1. The molecular formula is C14H30IN3. The van der Waals surface area contributed by atoms with Gasteiger partial charge in [-0.15, -0.1) is 24.0 Å². The van der Waals surface area contributed by atoms with Gasteiger partial charge in [-0.3, -0.25) is 4.99 Å². The van der Waals surface area contributed by atoms with Crippen molar-refractivity contribution >= 4 is 29.9 Å². The van der Waals surface area contributed by atoms with Crippen molar-refractivity contribution < 1.29 is 0 Å². The van der Waals surface area contributed by atoms with E-state index in [2.05, 4.69) is 42.9 Å². The van der Waals surface area contributed by atoms with E-state index in [0.717, 1.165) is 31.5 Å². The lowest BCUT2D eigenvalue weighted by Gasteiger charge is -2.34. The van der Waals surface area contributed by atoms with Gasteiger partial charge in [-0.1, -0.05) is 27.7 Å². The average molecular weight is 367 g/mol. The van der Waals surface area contributed by atoms with E-state index in [1.165, 1.54) is 19.3 Å². The lowest BCUT2D eigenvalue weighted by atomic mass is 9.92. The van der Waals surface area contributed by atoms with Crippen molar-refractivity contribution in [2.75, 3.05) is 26.7 Å². The van der Waals surface area contributed by atoms with Crippen molar-refractivity contribution in [1.82, 2.24) is 10.2 Å². The highest BCUT2D eigenvalue weighted by atomic mass is 127. The first-order valence-electron chi connectivity index (χ1n) is 6.88. The zero-order valence-electron chi connectivity index (χ0n) is 12.6.